The summed E-state index contributed by atoms with van der Waals surface area (Å²) in [5.41, 5.74) is 1.80. The van der Waals surface area contributed by atoms with E-state index < -0.39 is 0 Å². The van der Waals surface area contributed by atoms with E-state index in [1.165, 1.54) is 0 Å². The van der Waals surface area contributed by atoms with E-state index in [0.29, 0.717) is 12.5 Å². The highest BCUT2D eigenvalue weighted by molar-refractivity contribution is 7.09. The third-order valence-electron chi connectivity index (χ3n) is 4.93. The Morgan fingerprint density at radius 1 is 1.22 bits per heavy atom. The number of aromatic nitrogens is 1. The van der Waals surface area contributed by atoms with E-state index in [-0.39, 0.29) is 17.7 Å². The Morgan fingerprint density at radius 3 is 2.59 bits per heavy atom. The molecule has 2 amide bonds. The number of nitrogens with one attached hydrogen (secondary N) is 1. The van der Waals surface area contributed by atoms with E-state index in [9.17, 15) is 9.59 Å². The Bertz CT molecular complexity index is 765. The molecule has 2 heterocycles. The summed E-state index contributed by atoms with van der Waals surface area (Å²) in [6, 6.07) is 9.48. The summed E-state index contributed by atoms with van der Waals surface area (Å²) in [5, 5.41) is 6.19. The van der Waals surface area contributed by atoms with E-state index in [2.05, 4.69) is 10.7 Å². The summed E-state index contributed by atoms with van der Waals surface area (Å²) in [6.45, 7) is 5.97. The van der Waals surface area contributed by atoms with Crippen LogP contribution in [0.15, 0.2) is 35.7 Å². The van der Waals surface area contributed by atoms with E-state index in [1.54, 1.807) is 11.3 Å². The summed E-state index contributed by atoms with van der Waals surface area (Å²) in [7, 11) is 0. The summed E-state index contributed by atoms with van der Waals surface area (Å²) < 4.78 is 0. The minimum atomic E-state index is 0.0137. The van der Waals surface area contributed by atoms with Crippen molar-refractivity contribution in [3.63, 3.8) is 0 Å². The van der Waals surface area contributed by atoms with Crippen LogP contribution in [0.4, 0.5) is 0 Å². The van der Waals surface area contributed by atoms with Crippen LogP contribution in [0.3, 0.4) is 0 Å². The van der Waals surface area contributed by atoms with Crippen molar-refractivity contribution < 1.29 is 9.59 Å². The SMILES string of the molecule is CC(C)C(=O)NCCc1csc(C2CCN(C(=O)c3ccccc3)CC2)n1. The van der Waals surface area contributed by atoms with Crippen LogP contribution in [0, 0.1) is 5.92 Å². The number of thiazole rings is 1. The lowest BCUT2D eigenvalue weighted by Crippen LogP contribution is -2.37. The maximum absolute atomic E-state index is 12.5. The van der Waals surface area contributed by atoms with Crippen molar-refractivity contribution >= 4 is 23.2 Å². The molecule has 0 aliphatic carbocycles. The Morgan fingerprint density at radius 2 is 1.93 bits per heavy atom. The highest BCUT2D eigenvalue weighted by atomic mass is 32.1. The van der Waals surface area contributed by atoms with Gasteiger partial charge in [-0.05, 0) is 25.0 Å². The van der Waals surface area contributed by atoms with Crippen LogP contribution in [-0.4, -0.2) is 41.3 Å². The Balaban J connectivity index is 1.48. The van der Waals surface area contributed by atoms with Crippen molar-refractivity contribution in [2.24, 2.45) is 5.92 Å². The van der Waals surface area contributed by atoms with Gasteiger partial charge in [-0.25, -0.2) is 4.98 Å². The largest absolute Gasteiger partial charge is 0.355 e. The van der Waals surface area contributed by atoms with Gasteiger partial charge in [0, 0.05) is 48.8 Å². The van der Waals surface area contributed by atoms with Crippen LogP contribution < -0.4 is 5.32 Å². The van der Waals surface area contributed by atoms with Crippen molar-refractivity contribution in [2.75, 3.05) is 19.6 Å². The molecule has 6 heteroatoms. The number of carbonyl (C=O) groups is 2. The molecule has 0 spiro atoms. The maximum atomic E-state index is 12.5. The number of amides is 2. The molecule has 1 aliphatic heterocycles. The number of hydrogen-bond acceptors (Lipinski definition) is 4. The average Bonchev–Trinajstić information content (AvgIpc) is 3.17. The van der Waals surface area contributed by atoms with Gasteiger partial charge >= 0.3 is 0 Å². The topological polar surface area (TPSA) is 62.3 Å². The number of nitrogens with zero attached hydrogens (tertiary/aromatic N) is 2. The molecule has 1 saturated heterocycles. The van der Waals surface area contributed by atoms with Gasteiger partial charge in [0.25, 0.3) is 5.91 Å². The second kappa shape index (κ2) is 9.13. The standard InChI is InChI=1S/C21H27N3O2S/c1-15(2)19(25)22-11-8-18-14-27-20(23-18)16-9-12-24(13-10-16)21(26)17-6-4-3-5-7-17/h3-7,14-16H,8-13H2,1-2H3,(H,22,25). The van der Waals surface area contributed by atoms with Crippen molar-refractivity contribution in [1.82, 2.24) is 15.2 Å². The number of rotatable bonds is 6. The lowest BCUT2D eigenvalue weighted by molar-refractivity contribution is -0.123. The number of benzene rings is 1. The van der Waals surface area contributed by atoms with Crippen LogP contribution in [0.1, 0.15) is 53.7 Å². The monoisotopic (exact) mass is 385 g/mol. The number of likely N-dealkylation sites (tertiary alicyclic amines) is 1. The van der Waals surface area contributed by atoms with Gasteiger partial charge in [-0.2, -0.15) is 0 Å². The second-order valence-electron chi connectivity index (χ2n) is 7.31. The number of carbonyl (C=O) groups excluding carboxylic acids is 2. The van der Waals surface area contributed by atoms with E-state index >= 15 is 0 Å². The minimum Gasteiger partial charge on any atom is -0.355 e. The quantitative estimate of drug-likeness (QED) is 0.828. The van der Waals surface area contributed by atoms with Crippen LogP contribution in [0.5, 0.6) is 0 Å². The van der Waals surface area contributed by atoms with E-state index in [4.69, 9.17) is 4.98 Å². The third kappa shape index (κ3) is 5.16. The van der Waals surface area contributed by atoms with E-state index in [1.807, 2.05) is 49.1 Å². The highest BCUT2D eigenvalue weighted by Gasteiger charge is 2.26. The van der Waals surface area contributed by atoms with Crippen LogP contribution in [0.2, 0.25) is 0 Å². The lowest BCUT2D eigenvalue weighted by atomic mass is 9.97. The van der Waals surface area contributed by atoms with Crippen molar-refractivity contribution in [2.45, 2.75) is 39.0 Å². The smallest absolute Gasteiger partial charge is 0.253 e. The molecule has 1 aliphatic rings. The van der Waals surface area contributed by atoms with Gasteiger partial charge in [0.05, 0.1) is 10.7 Å². The summed E-state index contributed by atoms with van der Waals surface area (Å²) in [4.78, 5) is 30.9. The Hall–Kier alpha value is -2.21. The molecule has 1 N–H and O–H groups in total. The molecule has 0 radical (unpaired) electrons. The average molecular weight is 386 g/mol. The van der Waals surface area contributed by atoms with Crippen molar-refractivity contribution in [1.29, 1.82) is 0 Å². The van der Waals surface area contributed by atoms with E-state index in [0.717, 1.165) is 48.6 Å². The predicted octanol–water partition coefficient (Wildman–Crippen LogP) is 3.48. The zero-order valence-corrected chi connectivity index (χ0v) is 16.8. The summed E-state index contributed by atoms with van der Waals surface area (Å²) in [5.74, 6) is 0.643. The molecule has 0 unspecified atom stereocenters. The molecule has 3 rings (SSSR count). The zero-order chi connectivity index (χ0) is 19.2. The fraction of sp³-hybridized carbons (Fsp3) is 0.476. The molecule has 2 aromatic rings. The van der Waals surface area contributed by atoms with Crippen molar-refractivity contribution in [3.8, 4) is 0 Å². The molecule has 144 valence electrons. The second-order valence-corrected chi connectivity index (χ2v) is 8.19. The Labute approximate surface area is 164 Å². The molecule has 1 aromatic carbocycles. The van der Waals surface area contributed by atoms with Crippen LogP contribution in [-0.2, 0) is 11.2 Å². The molecule has 27 heavy (non-hydrogen) atoms. The van der Waals surface area contributed by atoms with Gasteiger partial charge < -0.3 is 10.2 Å². The first-order valence-electron chi connectivity index (χ1n) is 9.61. The molecular formula is C21H27N3O2S. The first-order valence-corrected chi connectivity index (χ1v) is 10.5. The lowest BCUT2D eigenvalue weighted by Gasteiger charge is -2.31. The zero-order valence-electron chi connectivity index (χ0n) is 16.0. The van der Waals surface area contributed by atoms with Crippen molar-refractivity contribution in [3.05, 3.63) is 52.0 Å². The first kappa shape index (κ1) is 19.5. The maximum Gasteiger partial charge on any atom is 0.253 e. The first-order chi connectivity index (χ1) is 13.0. The summed E-state index contributed by atoms with van der Waals surface area (Å²) in [6.07, 6.45) is 2.67. The fourth-order valence-corrected chi connectivity index (χ4v) is 4.26. The van der Waals surface area contributed by atoms with Gasteiger partial charge in [0.1, 0.15) is 0 Å². The molecule has 0 saturated carbocycles. The number of piperidine rings is 1. The minimum absolute atomic E-state index is 0.0137. The van der Waals surface area contributed by atoms with Gasteiger partial charge in [0.15, 0.2) is 0 Å². The van der Waals surface area contributed by atoms with Gasteiger partial charge in [0.2, 0.25) is 5.91 Å². The fourth-order valence-electron chi connectivity index (χ4n) is 3.24. The third-order valence-corrected chi connectivity index (χ3v) is 5.98. The number of hydrogen-bond donors (Lipinski definition) is 1. The Kier molecular flexibility index (Phi) is 6.61. The normalized spacial score (nSPS) is 15.1. The molecule has 0 atom stereocenters. The molecule has 1 fully saturated rings. The van der Waals surface area contributed by atoms with Gasteiger partial charge in [-0.15, -0.1) is 11.3 Å². The summed E-state index contributed by atoms with van der Waals surface area (Å²) >= 11 is 1.70. The van der Waals surface area contributed by atoms with Crippen LogP contribution in [0.25, 0.3) is 0 Å². The molecule has 0 bridgehead atoms. The molecular weight excluding hydrogens is 358 g/mol. The van der Waals surface area contributed by atoms with Crippen LogP contribution >= 0.6 is 11.3 Å². The van der Waals surface area contributed by atoms with Gasteiger partial charge in [-0.3, -0.25) is 9.59 Å². The highest BCUT2D eigenvalue weighted by Crippen LogP contribution is 2.30. The molecule has 1 aromatic heterocycles. The molecule has 5 nitrogen and oxygen atoms in total. The van der Waals surface area contributed by atoms with Gasteiger partial charge in [-0.1, -0.05) is 32.0 Å². The predicted molar refractivity (Wildman–Crippen MR) is 108 cm³/mol.